The van der Waals surface area contributed by atoms with Crippen molar-refractivity contribution < 1.29 is 19.7 Å². The summed E-state index contributed by atoms with van der Waals surface area (Å²) in [6, 6.07) is 0. The molecule has 0 aromatic rings. The Hall–Kier alpha value is -0.610. The van der Waals surface area contributed by atoms with E-state index in [0.717, 1.165) is 0 Å². The summed E-state index contributed by atoms with van der Waals surface area (Å²) < 4.78 is 4.48. The van der Waals surface area contributed by atoms with Crippen LogP contribution in [0.2, 0.25) is 0 Å². The predicted molar refractivity (Wildman–Crippen MR) is 27.6 cm³/mol. The molecule has 1 heterocycles. The number of rotatable bonds is 1. The first kappa shape index (κ1) is 6.51. The number of carbonyl (C=O) groups excluding carboxylic acids is 1. The molecule has 4 heteroatoms. The highest BCUT2D eigenvalue weighted by atomic mass is 16.6. The predicted octanol–water partition coefficient (Wildman–Crippen LogP) is -1.34. The van der Waals surface area contributed by atoms with Gasteiger partial charge in [0.1, 0.15) is 6.10 Å². The molecular formula is C5H8O4. The van der Waals surface area contributed by atoms with Gasteiger partial charge in [-0.2, -0.15) is 0 Å². The Kier molecular flexibility index (Phi) is 1.68. The number of ether oxygens (including phenoxy) is 1. The Bertz CT molecular complexity index is 122. The molecule has 0 saturated carbocycles. The Morgan fingerprint density at radius 1 is 1.78 bits per heavy atom. The van der Waals surface area contributed by atoms with Gasteiger partial charge >= 0.3 is 5.97 Å². The van der Waals surface area contributed by atoms with Crippen molar-refractivity contribution in [3.63, 3.8) is 0 Å². The van der Waals surface area contributed by atoms with Crippen LogP contribution in [-0.2, 0) is 9.53 Å². The first-order valence-electron chi connectivity index (χ1n) is 2.72. The summed E-state index contributed by atoms with van der Waals surface area (Å²) in [6.07, 6.45) is -1.51. The summed E-state index contributed by atoms with van der Waals surface area (Å²) >= 11 is 0. The van der Waals surface area contributed by atoms with Gasteiger partial charge < -0.3 is 14.9 Å². The second-order valence-corrected chi connectivity index (χ2v) is 1.98. The fourth-order valence-corrected chi connectivity index (χ4v) is 0.757. The highest BCUT2D eigenvalue weighted by molar-refractivity contribution is 5.72. The van der Waals surface area contributed by atoms with Crippen LogP contribution < -0.4 is 0 Å². The molecule has 0 amide bonds. The summed E-state index contributed by atoms with van der Waals surface area (Å²) in [4.78, 5) is 10.3. The lowest BCUT2D eigenvalue weighted by Gasteiger charge is -2.07. The molecule has 9 heavy (non-hydrogen) atoms. The highest BCUT2D eigenvalue weighted by Gasteiger charge is 2.32. The van der Waals surface area contributed by atoms with Crippen LogP contribution in [0.25, 0.3) is 0 Å². The first-order chi connectivity index (χ1) is 4.24. The van der Waals surface area contributed by atoms with E-state index >= 15 is 0 Å². The van der Waals surface area contributed by atoms with Crippen molar-refractivity contribution in [2.45, 2.75) is 18.6 Å². The van der Waals surface area contributed by atoms with Gasteiger partial charge in [0.25, 0.3) is 0 Å². The van der Waals surface area contributed by atoms with Crippen molar-refractivity contribution in [1.29, 1.82) is 0 Å². The van der Waals surface area contributed by atoms with Crippen molar-refractivity contribution in [1.82, 2.24) is 0 Å². The number of cyclic esters (lactones) is 1. The number of hydrogen-bond donors (Lipinski definition) is 2. The lowest BCUT2D eigenvalue weighted by molar-refractivity contribution is -0.143. The first-order valence-corrected chi connectivity index (χ1v) is 2.72. The van der Waals surface area contributed by atoms with Crippen molar-refractivity contribution in [2.24, 2.45) is 0 Å². The van der Waals surface area contributed by atoms with E-state index in [0.29, 0.717) is 0 Å². The third-order valence-corrected chi connectivity index (χ3v) is 1.27. The fraction of sp³-hybridized carbons (Fsp3) is 0.800. The molecule has 2 N–H and O–H groups in total. The van der Waals surface area contributed by atoms with Gasteiger partial charge in [-0.1, -0.05) is 0 Å². The van der Waals surface area contributed by atoms with Gasteiger partial charge in [-0.25, -0.2) is 0 Å². The Balaban J connectivity index is 2.47. The molecule has 52 valence electrons. The van der Waals surface area contributed by atoms with Crippen LogP contribution in [0.1, 0.15) is 6.42 Å². The SMILES string of the molecule is O=C1C[C@H](O)[C@@H](CO)O1. The topological polar surface area (TPSA) is 66.8 Å². The average molecular weight is 132 g/mol. The summed E-state index contributed by atoms with van der Waals surface area (Å²) in [5, 5.41) is 17.3. The molecular weight excluding hydrogens is 124 g/mol. The van der Waals surface area contributed by atoms with E-state index in [1.165, 1.54) is 0 Å². The normalized spacial score (nSPS) is 34.7. The lowest BCUT2D eigenvalue weighted by atomic mass is 10.2. The average Bonchev–Trinajstić information content (AvgIpc) is 2.10. The van der Waals surface area contributed by atoms with Gasteiger partial charge in [-0.3, -0.25) is 4.79 Å². The molecule has 0 radical (unpaired) electrons. The number of carbonyl (C=O) groups is 1. The van der Waals surface area contributed by atoms with Crippen molar-refractivity contribution >= 4 is 5.97 Å². The number of aliphatic hydroxyl groups is 2. The minimum Gasteiger partial charge on any atom is -0.457 e. The van der Waals surface area contributed by atoms with E-state index in [1.54, 1.807) is 0 Å². The zero-order chi connectivity index (χ0) is 6.85. The van der Waals surface area contributed by atoms with Gasteiger partial charge in [-0.15, -0.1) is 0 Å². The molecule has 1 rings (SSSR count). The fourth-order valence-electron chi connectivity index (χ4n) is 0.757. The molecule has 0 spiro atoms. The molecule has 0 aliphatic carbocycles. The van der Waals surface area contributed by atoms with Crippen LogP contribution in [-0.4, -0.2) is 35.0 Å². The maximum absolute atomic E-state index is 10.3. The van der Waals surface area contributed by atoms with Crippen LogP contribution in [0.3, 0.4) is 0 Å². The van der Waals surface area contributed by atoms with Crippen LogP contribution in [0.15, 0.2) is 0 Å². The maximum atomic E-state index is 10.3. The molecule has 0 bridgehead atoms. The van der Waals surface area contributed by atoms with Gasteiger partial charge in [0, 0.05) is 0 Å². The van der Waals surface area contributed by atoms with E-state index < -0.39 is 18.2 Å². The Morgan fingerprint density at radius 2 is 2.44 bits per heavy atom. The van der Waals surface area contributed by atoms with Crippen LogP contribution >= 0.6 is 0 Å². The number of esters is 1. The third kappa shape index (κ3) is 1.20. The summed E-state index contributed by atoms with van der Waals surface area (Å²) in [5.74, 6) is -0.443. The largest absolute Gasteiger partial charge is 0.457 e. The van der Waals surface area contributed by atoms with Gasteiger partial charge in [0.05, 0.1) is 13.0 Å². The molecule has 0 unspecified atom stereocenters. The smallest absolute Gasteiger partial charge is 0.309 e. The van der Waals surface area contributed by atoms with Gasteiger partial charge in [0.2, 0.25) is 0 Å². The van der Waals surface area contributed by atoms with Crippen LogP contribution in [0.4, 0.5) is 0 Å². The second kappa shape index (κ2) is 2.33. The van der Waals surface area contributed by atoms with Crippen molar-refractivity contribution in [2.75, 3.05) is 6.61 Å². The quantitative estimate of drug-likeness (QED) is 0.433. The van der Waals surface area contributed by atoms with E-state index in [2.05, 4.69) is 4.74 Å². The van der Waals surface area contributed by atoms with Gasteiger partial charge in [0.15, 0.2) is 6.10 Å². The van der Waals surface area contributed by atoms with E-state index in [-0.39, 0.29) is 13.0 Å². The number of aliphatic hydroxyl groups excluding tert-OH is 2. The van der Waals surface area contributed by atoms with E-state index in [9.17, 15) is 4.79 Å². The molecule has 0 aromatic carbocycles. The minimum atomic E-state index is -0.817. The molecule has 0 aromatic heterocycles. The van der Waals surface area contributed by atoms with Crippen molar-refractivity contribution in [3.05, 3.63) is 0 Å². The monoisotopic (exact) mass is 132 g/mol. The summed E-state index contributed by atoms with van der Waals surface area (Å²) in [5.41, 5.74) is 0. The maximum Gasteiger partial charge on any atom is 0.309 e. The number of hydrogen-bond acceptors (Lipinski definition) is 4. The second-order valence-electron chi connectivity index (χ2n) is 1.98. The van der Waals surface area contributed by atoms with Crippen molar-refractivity contribution in [3.8, 4) is 0 Å². The molecule has 2 atom stereocenters. The Labute approximate surface area is 52.1 Å². The van der Waals surface area contributed by atoms with Gasteiger partial charge in [-0.05, 0) is 0 Å². The molecule has 4 nitrogen and oxygen atoms in total. The summed E-state index contributed by atoms with van der Waals surface area (Å²) in [6.45, 7) is -0.299. The van der Waals surface area contributed by atoms with Crippen LogP contribution in [0, 0.1) is 0 Å². The molecule has 1 fully saturated rings. The zero-order valence-corrected chi connectivity index (χ0v) is 4.78. The Morgan fingerprint density at radius 3 is 2.67 bits per heavy atom. The summed E-state index contributed by atoms with van der Waals surface area (Å²) in [7, 11) is 0. The highest BCUT2D eigenvalue weighted by Crippen LogP contribution is 2.13. The molecule has 1 aliphatic heterocycles. The molecule has 1 saturated heterocycles. The third-order valence-electron chi connectivity index (χ3n) is 1.27. The molecule has 1 aliphatic rings. The standard InChI is InChI=1S/C5H8O4/c6-2-4-3(7)1-5(8)9-4/h3-4,6-7H,1-2H2/t3-,4+/m0/s1. The lowest BCUT2D eigenvalue weighted by Crippen LogP contribution is -2.24. The van der Waals surface area contributed by atoms with E-state index in [1.807, 2.05) is 0 Å². The van der Waals surface area contributed by atoms with Crippen LogP contribution in [0.5, 0.6) is 0 Å². The zero-order valence-electron chi connectivity index (χ0n) is 4.78. The van der Waals surface area contributed by atoms with E-state index in [4.69, 9.17) is 10.2 Å². The minimum absolute atomic E-state index is 0.00519.